The van der Waals surface area contributed by atoms with Crippen molar-refractivity contribution in [1.82, 2.24) is 19.8 Å². The lowest BCUT2D eigenvalue weighted by Gasteiger charge is -2.24. The molecule has 0 spiro atoms. The van der Waals surface area contributed by atoms with Crippen molar-refractivity contribution in [3.63, 3.8) is 0 Å². The summed E-state index contributed by atoms with van der Waals surface area (Å²) in [5.41, 5.74) is 1.65. The zero-order chi connectivity index (χ0) is 21.8. The Labute approximate surface area is 184 Å². The van der Waals surface area contributed by atoms with Crippen molar-refractivity contribution < 1.29 is 9.59 Å². The Morgan fingerprint density at radius 3 is 2.13 bits per heavy atom. The zero-order valence-corrected chi connectivity index (χ0v) is 19.7. The van der Waals surface area contributed by atoms with Gasteiger partial charge < -0.3 is 15.1 Å². The predicted octanol–water partition coefficient (Wildman–Crippen LogP) is 4.08. The van der Waals surface area contributed by atoms with Crippen LogP contribution in [0.25, 0.3) is 20.4 Å². The van der Waals surface area contributed by atoms with Crippen molar-refractivity contribution in [3.8, 4) is 0 Å². The number of aromatic nitrogens is 2. The van der Waals surface area contributed by atoms with Gasteiger partial charge in [-0.05, 0) is 39.8 Å². The molecule has 8 nitrogen and oxygen atoms in total. The van der Waals surface area contributed by atoms with Gasteiger partial charge in [0.15, 0.2) is 10.3 Å². The van der Waals surface area contributed by atoms with Crippen LogP contribution in [0.15, 0.2) is 12.1 Å². The number of anilines is 2. The van der Waals surface area contributed by atoms with Gasteiger partial charge in [-0.2, -0.15) is 0 Å². The Bertz CT molecular complexity index is 988. The molecule has 30 heavy (non-hydrogen) atoms. The highest BCUT2D eigenvalue weighted by molar-refractivity contribution is 7.24. The maximum absolute atomic E-state index is 12.6. The molecule has 0 aliphatic heterocycles. The van der Waals surface area contributed by atoms with Crippen LogP contribution in [0.4, 0.5) is 15.1 Å². The van der Waals surface area contributed by atoms with Gasteiger partial charge in [0.25, 0.3) is 0 Å². The number of likely N-dealkylation sites (N-methyl/N-ethyl adjacent to an activating group) is 1. The fraction of sp³-hybridized carbons (Fsp3) is 0.500. The third-order valence-electron chi connectivity index (χ3n) is 5.00. The number of rotatable bonds is 8. The van der Waals surface area contributed by atoms with Crippen LogP contribution in [0.2, 0.25) is 0 Å². The molecule has 10 heteroatoms. The quantitative estimate of drug-likeness (QED) is 0.561. The molecule has 1 aromatic carbocycles. The van der Waals surface area contributed by atoms with Crippen LogP contribution in [0.1, 0.15) is 27.7 Å². The summed E-state index contributed by atoms with van der Waals surface area (Å²) >= 11 is 3.00. The molecule has 1 N–H and O–H groups in total. The molecule has 3 rings (SSSR count). The van der Waals surface area contributed by atoms with Gasteiger partial charge in [-0.25, -0.2) is 14.8 Å². The van der Waals surface area contributed by atoms with Crippen molar-refractivity contribution in [1.29, 1.82) is 0 Å². The van der Waals surface area contributed by atoms with Gasteiger partial charge in [-0.15, -0.1) is 0 Å². The van der Waals surface area contributed by atoms with E-state index in [1.54, 1.807) is 21.7 Å². The Hall–Kier alpha value is -2.46. The van der Waals surface area contributed by atoms with Crippen LogP contribution in [0.5, 0.6) is 0 Å². The van der Waals surface area contributed by atoms with Gasteiger partial charge >= 0.3 is 6.03 Å². The van der Waals surface area contributed by atoms with E-state index >= 15 is 0 Å². The van der Waals surface area contributed by atoms with Crippen LogP contribution in [0.3, 0.4) is 0 Å². The molecule has 3 amide bonds. The molecule has 0 aliphatic carbocycles. The Balaban J connectivity index is 1.79. The summed E-state index contributed by atoms with van der Waals surface area (Å²) < 4.78 is 2.03. The fourth-order valence-electron chi connectivity index (χ4n) is 3.18. The van der Waals surface area contributed by atoms with Crippen molar-refractivity contribution in [3.05, 3.63) is 12.1 Å². The molecular formula is C20H28N6O2S2. The second kappa shape index (κ2) is 9.57. The number of fused-ring (bicyclic) bond motifs is 2. The summed E-state index contributed by atoms with van der Waals surface area (Å²) in [5, 5.41) is 4.53. The first-order chi connectivity index (χ1) is 14.4. The topological polar surface area (TPSA) is 81.7 Å². The Morgan fingerprint density at radius 2 is 1.50 bits per heavy atom. The van der Waals surface area contributed by atoms with E-state index < -0.39 is 0 Å². The number of urea groups is 1. The summed E-state index contributed by atoms with van der Waals surface area (Å²) in [7, 11) is 1.76. The van der Waals surface area contributed by atoms with Crippen LogP contribution in [0, 0.1) is 0 Å². The Kier molecular flexibility index (Phi) is 7.09. The average molecular weight is 449 g/mol. The summed E-state index contributed by atoms with van der Waals surface area (Å²) in [5.74, 6) is 0.0625. The van der Waals surface area contributed by atoms with Crippen LogP contribution >= 0.6 is 22.7 Å². The number of carbonyl (C=O) groups excluding carboxylic acids is 2. The summed E-state index contributed by atoms with van der Waals surface area (Å²) in [4.78, 5) is 39.2. The lowest BCUT2D eigenvalue weighted by Crippen LogP contribution is -2.41. The number of hydrogen-bond acceptors (Lipinski definition) is 7. The third kappa shape index (κ3) is 4.49. The minimum absolute atomic E-state index is 0.0525. The molecule has 162 valence electrons. The molecule has 0 fully saturated rings. The maximum Gasteiger partial charge on any atom is 0.326 e. The number of nitrogens with one attached hydrogen (secondary N) is 1. The first-order valence-corrected chi connectivity index (χ1v) is 11.8. The minimum atomic E-state index is -0.0525. The minimum Gasteiger partial charge on any atom is -0.352 e. The first kappa shape index (κ1) is 22.2. The fourth-order valence-corrected chi connectivity index (χ4v) is 5.08. The van der Waals surface area contributed by atoms with Crippen molar-refractivity contribution in [2.45, 2.75) is 27.7 Å². The van der Waals surface area contributed by atoms with Gasteiger partial charge in [0.1, 0.15) is 0 Å². The molecule has 0 unspecified atom stereocenters. The van der Waals surface area contributed by atoms with Gasteiger partial charge in [0.2, 0.25) is 5.91 Å². The molecule has 0 saturated carbocycles. The molecule has 3 aromatic rings. The van der Waals surface area contributed by atoms with E-state index in [1.807, 2.05) is 33.8 Å². The van der Waals surface area contributed by atoms with Gasteiger partial charge in [0, 0.05) is 33.2 Å². The number of thiazole rings is 2. The zero-order valence-electron chi connectivity index (χ0n) is 18.1. The largest absolute Gasteiger partial charge is 0.352 e. The summed E-state index contributed by atoms with van der Waals surface area (Å²) in [6.45, 7) is 10.8. The lowest BCUT2D eigenvalue weighted by molar-refractivity contribution is -0.128. The maximum atomic E-state index is 12.6. The van der Waals surface area contributed by atoms with Gasteiger partial charge in [-0.3, -0.25) is 9.69 Å². The van der Waals surface area contributed by atoms with E-state index in [4.69, 9.17) is 0 Å². The molecule has 0 saturated heterocycles. The number of amides is 3. The van der Waals surface area contributed by atoms with E-state index in [0.717, 1.165) is 25.6 Å². The third-order valence-corrected chi connectivity index (χ3v) is 7.07. The number of hydrogen-bond donors (Lipinski definition) is 1. The smallest absolute Gasteiger partial charge is 0.326 e. The van der Waals surface area contributed by atoms with E-state index in [0.29, 0.717) is 31.3 Å². The van der Waals surface area contributed by atoms with E-state index in [1.165, 1.54) is 22.7 Å². The Morgan fingerprint density at radius 1 is 0.900 bits per heavy atom. The van der Waals surface area contributed by atoms with Gasteiger partial charge in [0.05, 0.1) is 27.0 Å². The van der Waals surface area contributed by atoms with Gasteiger partial charge in [-0.1, -0.05) is 22.7 Å². The number of carbonyl (C=O) groups is 2. The number of nitrogens with zero attached hydrogens (tertiary/aromatic N) is 5. The number of benzene rings is 1. The molecular weight excluding hydrogens is 420 g/mol. The first-order valence-electron chi connectivity index (χ1n) is 10.2. The van der Waals surface area contributed by atoms with Crippen molar-refractivity contribution >= 4 is 65.3 Å². The van der Waals surface area contributed by atoms with Crippen molar-refractivity contribution in [2.24, 2.45) is 0 Å². The monoisotopic (exact) mass is 448 g/mol. The van der Waals surface area contributed by atoms with Crippen LogP contribution < -0.4 is 10.2 Å². The summed E-state index contributed by atoms with van der Waals surface area (Å²) in [6, 6.07) is 3.94. The summed E-state index contributed by atoms with van der Waals surface area (Å²) in [6.07, 6.45) is 0. The van der Waals surface area contributed by atoms with Crippen LogP contribution in [-0.4, -0.2) is 71.5 Å². The van der Waals surface area contributed by atoms with E-state index in [9.17, 15) is 9.59 Å². The molecule has 0 radical (unpaired) electrons. The highest BCUT2D eigenvalue weighted by Gasteiger charge is 2.20. The molecule has 0 bridgehead atoms. The lowest BCUT2D eigenvalue weighted by atomic mass is 10.3. The average Bonchev–Trinajstić information content (AvgIpc) is 3.34. The van der Waals surface area contributed by atoms with Crippen LogP contribution in [-0.2, 0) is 4.79 Å². The second-order valence-electron chi connectivity index (χ2n) is 6.74. The second-order valence-corrected chi connectivity index (χ2v) is 8.78. The predicted molar refractivity (Wildman–Crippen MR) is 126 cm³/mol. The molecule has 0 aliphatic rings. The highest BCUT2D eigenvalue weighted by atomic mass is 32.1. The van der Waals surface area contributed by atoms with E-state index in [-0.39, 0.29) is 18.5 Å². The van der Waals surface area contributed by atoms with Crippen molar-refractivity contribution in [2.75, 3.05) is 50.0 Å². The molecule has 0 atom stereocenters. The molecule has 2 aromatic heterocycles. The SMILES string of the molecule is CCN(CC)C(=O)CNc1nc2cc3nc(N(C)C(=O)N(CC)CC)sc3cc2s1. The standard InChI is InChI=1S/C20H28N6O2S2/c1-6-25(7-2)17(27)12-21-18-22-13-10-14-16(11-15(13)29-18)30-19(23-14)24(5)20(28)26(8-3)9-4/h10-11H,6-9,12H2,1-5H3,(H,21,22). The van der Waals surface area contributed by atoms with E-state index in [2.05, 4.69) is 21.4 Å². The molecule has 2 heterocycles. The normalized spacial score (nSPS) is 11.1. The highest BCUT2D eigenvalue weighted by Crippen LogP contribution is 2.35.